The zero-order chi connectivity index (χ0) is 11.8. The van der Waals surface area contributed by atoms with E-state index in [1.165, 1.54) is 37.5 Å². The largest absolute Gasteiger partial charge is 0.315 e. The smallest absolute Gasteiger partial charge is 0.134 e. The molecule has 4 nitrogen and oxygen atoms in total. The molecule has 0 amide bonds. The molecule has 1 saturated heterocycles. The third kappa shape index (κ3) is 2.10. The summed E-state index contributed by atoms with van der Waals surface area (Å²) in [5.74, 6) is 3.20. The van der Waals surface area contributed by atoms with E-state index in [2.05, 4.69) is 33.6 Å². The van der Waals surface area contributed by atoms with Gasteiger partial charge in [-0.3, -0.25) is 0 Å². The second-order valence-electron chi connectivity index (χ2n) is 5.77. The van der Waals surface area contributed by atoms with E-state index in [4.69, 9.17) is 0 Å². The summed E-state index contributed by atoms with van der Waals surface area (Å²) in [6.07, 6.45) is 6.10. The number of rotatable bonds is 2. The summed E-state index contributed by atoms with van der Waals surface area (Å²) in [6.45, 7) is 4.69. The van der Waals surface area contributed by atoms with Gasteiger partial charge in [0.15, 0.2) is 0 Å². The molecule has 0 N–H and O–H groups in total. The summed E-state index contributed by atoms with van der Waals surface area (Å²) in [4.78, 5) is 2.47. The first kappa shape index (κ1) is 11.2. The molecule has 0 aromatic carbocycles. The van der Waals surface area contributed by atoms with Crippen molar-refractivity contribution in [2.24, 2.45) is 5.92 Å². The summed E-state index contributed by atoms with van der Waals surface area (Å²) >= 11 is 0. The number of aryl methyl sites for hydroxylation is 1. The molecule has 1 aromatic rings. The van der Waals surface area contributed by atoms with Crippen LogP contribution in [0, 0.1) is 5.92 Å². The van der Waals surface area contributed by atoms with E-state index in [-0.39, 0.29) is 0 Å². The Morgan fingerprint density at radius 2 is 2.18 bits per heavy atom. The van der Waals surface area contributed by atoms with Gasteiger partial charge in [0.25, 0.3) is 0 Å². The van der Waals surface area contributed by atoms with Gasteiger partial charge in [-0.15, -0.1) is 10.2 Å². The Labute approximate surface area is 103 Å². The first-order valence-electron chi connectivity index (χ1n) is 6.85. The Kier molecular flexibility index (Phi) is 2.90. The highest BCUT2D eigenvalue weighted by atomic mass is 15.3. The normalized spacial score (nSPS) is 29.5. The van der Waals surface area contributed by atoms with Crippen molar-refractivity contribution < 1.29 is 0 Å². The molecule has 3 rings (SSSR count). The predicted molar refractivity (Wildman–Crippen MR) is 66.9 cm³/mol. The van der Waals surface area contributed by atoms with Crippen LogP contribution < -0.4 is 0 Å². The van der Waals surface area contributed by atoms with Crippen LogP contribution in [-0.4, -0.2) is 39.3 Å². The Morgan fingerprint density at radius 1 is 1.29 bits per heavy atom. The fraction of sp³-hybridized carbons (Fsp3) is 0.846. The van der Waals surface area contributed by atoms with Crippen molar-refractivity contribution in [2.45, 2.75) is 51.6 Å². The molecule has 2 aliphatic rings. The van der Waals surface area contributed by atoms with Gasteiger partial charge in [0, 0.05) is 25.4 Å². The quantitative estimate of drug-likeness (QED) is 0.777. The highest BCUT2D eigenvalue weighted by molar-refractivity contribution is 5.02. The summed E-state index contributed by atoms with van der Waals surface area (Å²) in [5, 5.41) is 8.77. The van der Waals surface area contributed by atoms with Crippen molar-refractivity contribution in [3.63, 3.8) is 0 Å². The van der Waals surface area contributed by atoms with Crippen LogP contribution in [0.2, 0.25) is 0 Å². The maximum atomic E-state index is 4.42. The second kappa shape index (κ2) is 4.41. The molecule has 1 fully saturated rings. The van der Waals surface area contributed by atoms with E-state index < -0.39 is 0 Å². The molecule has 2 unspecified atom stereocenters. The van der Waals surface area contributed by atoms with Crippen molar-refractivity contribution >= 4 is 0 Å². The number of likely N-dealkylation sites (N-methyl/N-ethyl adjacent to an activating group) is 1. The van der Waals surface area contributed by atoms with Crippen LogP contribution in [0.5, 0.6) is 0 Å². The SMILES string of the molecule is CC1CCc2nnc(CC3CCCN3C)n2C1. The van der Waals surface area contributed by atoms with Gasteiger partial charge in [-0.1, -0.05) is 6.92 Å². The lowest BCUT2D eigenvalue weighted by Gasteiger charge is -2.23. The molecule has 0 saturated carbocycles. The van der Waals surface area contributed by atoms with Crippen LogP contribution in [0.1, 0.15) is 37.8 Å². The predicted octanol–water partition coefficient (Wildman–Crippen LogP) is 1.50. The van der Waals surface area contributed by atoms with Crippen molar-refractivity contribution in [3.8, 4) is 0 Å². The zero-order valence-corrected chi connectivity index (χ0v) is 10.9. The van der Waals surface area contributed by atoms with Crippen LogP contribution in [-0.2, 0) is 19.4 Å². The number of nitrogens with zero attached hydrogens (tertiary/aromatic N) is 4. The van der Waals surface area contributed by atoms with Gasteiger partial charge < -0.3 is 9.47 Å². The summed E-state index contributed by atoms with van der Waals surface area (Å²) in [7, 11) is 2.23. The van der Waals surface area contributed by atoms with Crippen molar-refractivity contribution in [3.05, 3.63) is 11.6 Å². The van der Waals surface area contributed by atoms with Gasteiger partial charge in [-0.05, 0) is 38.8 Å². The van der Waals surface area contributed by atoms with Crippen LogP contribution >= 0.6 is 0 Å². The average molecular weight is 234 g/mol. The lowest BCUT2D eigenvalue weighted by Crippen LogP contribution is -2.29. The highest BCUT2D eigenvalue weighted by Gasteiger charge is 2.26. The summed E-state index contributed by atoms with van der Waals surface area (Å²) < 4.78 is 2.38. The Hall–Kier alpha value is -0.900. The summed E-state index contributed by atoms with van der Waals surface area (Å²) in [6, 6.07) is 0.681. The summed E-state index contributed by atoms with van der Waals surface area (Å²) in [5.41, 5.74) is 0. The first-order valence-corrected chi connectivity index (χ1v) is 6.85. The molecular formula is C13H22N4. The third-order valence-corrected chi connectivity index (χ3v) is 4.35. The second-order valence-corrected chi connectivity index (χ2v) is 5.77. The van der Waals surface area contributed by atoms with E-state index >= 15 is 0 Å². The van der Waals surface area contributed by atoms with E-state index in [1.54, 1.807) is 0 Å². The standard InChI is InChI=1S/C13H22N4/c1-10-5-6-12-14-15-13(17(12)9-10)8-11-4-3-7-16(11)2/h10-11H,3-9H2,1-2H3. The topological polar surface area (TPSA) is 34.0 Å². The number of hydrogen-bond donors (Lipinski definition) is 0. The molecule has 3 heterocycles. The molecule has 0 aliphatic carbocycles. The van der Waals surface area contributed by atoms with Gasteiger partial charge in [-0.25, -0.2) is 0 Å². The molecule has 4 heteroatoms. The molecule has 17 heavy (non-hydrogen) atoms. The Bertz CT molecular complexity index is 398. The van der Waals surface area contributed by atoms with Gasteiger partial charge in [0.1, 0.15) is 11.6 Å². The molecule has 0 radical (unpaired) electrons. The number of likely N-dealkylation sites (tertiary alicyclic amines) is 1. The Balaban J connectivity index is 1.77. The first-order chi connectivity index (χ1) is 8.24. The average Bonchev–Trinajstić information content (AvgIpc) is 2.88. The lowest BCUT2D eigenvalue weighted by molar-refractivity contribution is 0.298. The monoisotopic (exact) mass is 234 g/mol. The fourth-order valence-electron chi connectivity index (χ4n) is 3.15. The molecule has 1 aromatic heterocycles. The van der Waals surface area contributed by atoms with Gasteiger partial charge in [-0.2, -0.15) is 0 Å². The van der Waals surface area contributed by atoms with Crippen molar-refractivity contribution in [2.75, 3.05) is 13.6 Å². The zero-order valence-electron chi connectivity index (χ0n) is 10.9. The van der Waals surface area contributed by atoms with Gasteiger partial charge in [0.2, 0.25) is 0 Å². The molecule has 2 atom stereocenters. The number of aromatic nitrogens is 3. The van der Waals surface area contributed by atoms with Crippen LogP contribution in [0.25, 0.3) is 0 Å². The van der Waals surface area contributed by atoms with Crippen LogP contribution in [0.15, 0.2) is 0 Å². The van der Waals surface area contributed by atoms with Crippen molar-refractivity contribution in [1.29, 1.82) is 0 Å². The maximum absolute atomic E-state index is 4.42. The maximum Gasteiger partial charge on any atom is 0.134 e. The molecule has 2 aliphatic heterocycles. The molecule has 0 bridgehead atoms. The fourth-order valence-corrected chi connectivity index (χ4v) is 3.15. The molecule has 94 valence electrons. The lowest BCUT2D eigenvalue weighted by atomic mass is 10.0. The van der Waals surface area contributed by atoms with E-state index in [9.17, 15) is 0 Å². The third-order valence-electron chi connectivity index (χ3n) is 4.35. The Morgan fingerprint density at radius 3 is 2.94 bits per heavy atom. The molecular weight excluding hydrogens is 212 g/mol. The molecule has 0 spiro atoms. The van der Waals surface area contributed by atoms with E-state index in [0.29, 0.717) is 6.04 Å². The van der Waals surface area contributed by atoms with Crippen LogP contribution in [0.4, 0.5) is 0 Å². The van der Waals surface area contributed by atoms with E-state index in [0.717, 1.165) is 25.3 Å². The van der Waals surface area contributed by atoms with Gasteiger partial charge in [0.05, 0.1) is 0 Å². The van der Waals surface area contributed by atoms with Gasteiger partial charge >= 0.3 is 0 Å². The van der Waals surface area contributed by atoms with Crippen molar-refractivity contribution in [1.82, 2.24) is 19.7 Å². The van der Waals surface area contributed by atoms with Crippen LogP contribution in [0.3, 0.4) is 0 Å². The number of fused-ring (bicyclic) bond motifs is 1. The minimum Gasteiger partial charge on any atom is -0.315 e. The number of hydrogen-bond acceptors (Lipinski definition) is 3. The van der Waals surface area contributed by atoms with E-state index in [1.807, 2.05) is 0 Å². The highest BCUT2D eigenvalue weighted by Crippen LogP contribution is 2.23. The minimum absolute atomic E-state index is 0.681. The minimum atomic E-state index is 0.681.